The first kappa shape index (κ1) is 15.4. The third-order valence-corrected chi connectivity index (χ3v) is 4.75. The number of methoxy groups -OCH3 is 1. The van der Waals surface area contributed by atoms with Crippen LogP contribution in [0.1, 0.15) is 44.9 Å². The molecule has 1 saturated carbocycles. The maximum absolute atomic E-state index is 12.8. The highest BCUT2D eigenvalue weighted by atomic mass is 16.5. The highest BCUT2D eigenvalue weighted by Crippen LogP contribution is 2.33. The normalized spacial score (nSPS) is 27.0. The van der Waals surface area contributed by atoms with Crippen LogP contribution in [-0.4, -0.2) is 37.5 Å². The Kier molecular flexibility index (Phi) is 5.54. The Morgan fingerprint density at radius 3 is 2.40 bits per heavy atom. The first-order chi connectivity index (χ1) is 9.65. The molecule has 2 rings (SSSR count). The molecule has 1 aliphatic carbocycles. The Hall–Kier alpha value is -0.940. The van der Waals surface area contributed by atoms with Crippen LogP contribution in [-0.2, 0) is 14.3 Å². The van der Waals surface area contributed by atoms with Gasteiger partial charge in [0.1, 0.15) is 6.04 Å². The van der Waals surface area contributed by atoms with Crippen molar-refractivity contribution in [3.63, 3.8) is 0 Å². The summed E-state index contributed by atoms with van der Waals surface area (Å²) in [6.07, 6.45) is 7.33. The van der Waals surface area contributed by atoms with Crippen LogP contribution >= 0.6 is 0 Å². The van der Waals surface area contributed by atoms with Gasteiger partial charge in [0, 0.05) is 5.92 Å². The van der Waals surface area contributed by atoms with E-state index in [9.17, 15) is 9.59 Å². The van der Waals surface area contributed by atoms with Crippen LogP contribution in [0.2, 0.25) is 0 Å². The van der Waals surface area contributed by atoms with Crippen molar-refractivity contribution in [2.75, 3.05) is 13.7 Å². The van der Waals surface area contributed by atoms with Gasteiger partial charge in [0.05, 0.1) is 13.2 Å². The van der Waals surface area contributed by atoms with Crippen LogP contribution in [0.3, 0.4) is 0 Å². The molecule has 0 aromatic rings. The number of carbonyl (C=O) groups is 2. The average Bonchev–Trinajstić information content (AvgIpc) is 3.01. The number of hydrogen-bond acceptors (Lipinski definition) is 5. The van der Waals surface area contributed by atoms with Crippen molar-refractivity contribution >= 4 is 11.8 Å². The fourth-order valence-corrected chi connectivity index (χ4v) is 3.64. The highest BCUT2D eigenvalue weighted by molar-refractivity contribution is 5.92. The van der Waals surface area contributed by atoms with Crippen molar-refractivity contribution in [1.29, 1.82) is 0 Å². The van der Waals surface area contributed by atoms with Crippen LogP contribution in [0.5, 0.6) is 0 Å². The molecule has 1 aliphatic heterocycles. The summed E-state index contributed by atoms with van der Waals surface area (Å²) in [5, 5.41) is 3.23. The van der Waals surface area contributed by atoms with E-state index in [1.807, 2.05) is 0 Å². The number of ketones is 1. The third-order valence-electron chi connectivity index (χ3n) is 4.75. The van der Waals surface area contributed by atoms with E-state index in [0.29, 0.717) is 0 Å². The summed E-state index contributed by atoms with van der Waals surface area (Å²) in [6.45, 7) is 0.876. The Bertz CT molecular complexity index is 347. The van der Waals surface area contributed by atoms with Crippen molar-refractivity contribution in [3.8, 4) is 0 Å². The van der Waals surface area contributed by atoms with Crippen LogP contribution in [0, 0.1) is 11.8 Å². The zero-order valence-electron chi connectivity index (χ0n) is 12.3. The minimum atomic E-state index is -0.821. The minimum absolute atomic E-state index is 0.118. The maximum atomic E-state index is 12.8. The molecule has 1 saturated heterocycles. The van der Waals surface area contributed by atoms with Gasteiger partial charge in [-0.2, -0.15) is 0 Å². The Morgan fingerprint density at radius 2 is 1.85 bits per heavy atom. The summed E-state index contributed by atoms with van der Waals surface area (Å²) < 4.78 is 4.76. The van der Waals surface area contributed by atoms with E-state index in [0.717, 1.165) is 45.1 Å². The topological polar surface area (TPSA) is 81.4 Å². The molecule has 2 aliphatic rings. The zero-order chi connectivity index (χ0) is 14.5. The first-order valence-corrected chi connectivity index (χ1v) is 7.75. The second kappa shape index (κ2) is 7.18. The number of carbonyl (C=O) groups excluding carboxylic acids is 2. The van der Waals surface area contributed by atoms with E-state index in [-0.39, 0.29) is 17.7 Å². The maximum Gasteiger partial charge on any atom is 0.323 e. The monoisotopic (exact) mass is 282 g/mol. The molecule has 0 amide bonds. The molecule has 2 fully saturated rings. The van der Waals surface area contributed by atoms with Gasteiger partial charge in [0.15, 0.2) is 5.78 Å². The van der Waals surface area contributed by atoms with Crippen molar-refractivity contribution < 1.29 is 14.3 Å². The van der Waals surface area contributed by atoms with Gasteiger partial charge in [-0.05, 0) is 38.1 Å². The SMILES string of the molecule is COC(=O)C(N)C(C(=O)[C@H]1CCCN1)C1CCCCC1. The second-order valence-electron chi connectivity index (χ2n) is 6.02. The van der Waals surface area contributed by atoms with Crippen molar-refractivity contribution in [1.82, 2.24) is 5.32 Å². The number of rotatable bonds is 5. The predicted molar refractivity (Wildman–Crippen MR) is 76.1 cm³/mol. The van der Waals surface area contributed by atoms with Gasteiger partial charge in [0.2, 0.25) is 0 Å². The fraction of sp³-hybridized carbons (Fsp3) is 0.867. The van der Waals surface area contributed by atoms with Gasteiger partial charge in [-0.25, -0.2) is 0 Å². The molecule has 20 heavy (non-hydrogen) atoms. The lowest BCUT2D eigenvalue weighted by Crippen LogP contribution is -2.51. The van der Waals surface area contributed by atoms with Gasteiger partial charge >= 0.3 is 5.97 Å². The summed E-state index contributed by atoms with van der Waals surface area (Å²) in [6, 6.07) is -0.948. The molecule has 0 radical (unpaired) electrons. The molecule has 0 aromatic carbocycles. The van der Waals surface area contributed by atoms with E-state index < -0.39 is 17.9 Å². The molecule has 0 spiro atoms. The van der Waals surface area contributed by atoms with Crippen LogP contribution in [0.15, 0.2) is 0 Å². The van der Waals surface area contributed by atoms with Gasteiger partial charge in [-0.1, -0.05) is 19.3 Å². The van der Waals surface area contributed by atoms with E-state index >= 15 is 0 Å². The van der Waals surface area contributed by atoms with Gasteiger partial charge in [-0.15, -0.1) is 0 Å². The van der Waals surface area contributed by atoms with E-state index in [1.165, 1.54) is 13.5 Å². The number of ether oxygens (including phenoxy) is 1. The third kappa shape index (κ3) is 3.38. The lowest BCUT2D eigenvalue weighted by Gasteiger charge is -2.33. The van der Waals surface area contributed by atoms with Crippen molar-refractivity contribution in [3.05, 3.63) is 0 Å². The zero-order valence-corrected chi connectivity index (χ0v) is 12.3. The Labute approximate surface area is 120 Å². The molecule has 3 atom stereocenters. The van der Waals surface area contributed by atoms with Crippen LogP contribution in [0.25, 0.3) is 0 Å². The molecule has 5 nitrogen and oxygen atoms in total. The number of nitrogens with one attached hydrogen (secondary N) is 1. The van der Waals surface area contributed by atoms with E-state index in [4.69, 9.17) is 10.5 Å². The molecule has 0 bridgehead atoms. The molecule has 3 N–H and O–H groups in total. The minimum Gasteiger partial charge on any atom is -0.468 e. The predicted octanol–water partition coefficient (Wildman–Crippen LogP) is 1.00. The first-order valence-electron chi connectivity index (χ1n) is 7.75. The van der Waals surface area contributed by atoms with Gasteiger partial charge in [0.25, 0.3) is 0 Å². The number of nitrogens with two attached hydrogens (primary N) is 1. The standard InChI is InChI=1S/C15H26N2O3/c1-20-15(19)13(16)12(10-6-3-2-4-7-10)14(18)11-8-5-9-17-11/h10-13,17H,2-9,16H2,1H3/t11-,12?,13?/m1/s1. The highest BCUT2D eigenvalue weighted by Gasteiger charge is 2.41. The van der Waals surface area contributed by atoms with E-state index in [2.05, 4.69) is 5.32 Å². The second-order valence-corrected chi connectivity index (χ2v) is 6.02. The lowest BCUT2D eigenvalue weighted by atomic mass is 9.73. The fourth-order valence-electron chi connectivity index (χ4n) is 3.64. The summed E-state index contributed by atoms with van der Waals surface area (Å²) in [5.41, 5.74) is 6.05. The van der Waals surface area contributed by atoms with E-state index in [1.54, 1.807) is 0 Å². The van der Waals surface area contributed by atoms with Gasteiger partial charge in [-0.3, -0.25) is 9.59 Å². The van der Waals surface area contributed by atoms with Crippen molar-refractivity contribution in [2.24, 2.45) is 17.6 Å². The lowest BCUT2D eigenvalue weighted by molar-refractivity contribution is -0.147. The smallest absolute Gasteiger partial charge is 0.323 e. The van der Waals surface area contributed by atoms with Gasteiger partial charge < -0.3 is 15.8 Å². The van der Waals surface area contributed by atoms with Crippen LogP contribution in [0.4, 0.5) is 0 Å². The summed E-state index contributed by atoms with van der Waals surface area (Å²) in [5.74, 6) is -0.509. The molecular formula is C15H26N2O3. The average molecular weight is 282 g/mol. The molecule has 0 aromatic heterocycles. The van der Waals surface area contributed by atoms with Crippen LogP contribution < -0.4 is 11.1 Å². The molecule has 5 heteroatoms. The number of hydrogen-bond donors (Lipinski definition) is 2. The Morgan fingerprint density at radius 1 is 1.15 bits per heavy atom. The molecular weight excluding hydrogens is 256 g/mol. The summed E-state index contributed by atoms with van der Waals surface area (Å²) in [4.78, 5) is 24.6. The number of esters is 1. The molecule has 1 heterocycles. The number of Topliss-reactive ketones (excluding diaryl/α,β-unsaturated/α-hetero) is 1. The van der Waals surface area contributed by atoms with Crippen molar-refractivity contribution in [2.45, 2.75) is 57.0 Å². The molecule has 114 valence electrons. The Balaban J connectivity index is 2.13. The molecule has 2 unspecified atom stereocenters. The quantitative estimate of drug-likeness (QED) is 0.735. The summed E-state index contributed by atoms with van der Waals surface area (Å²) in [7, 11) is 1.33. The summed E-state index contributed by atoms with van der Waals surface area (Å²) >= 11 is 0. The largest absolute Gasteiger partial charge is 0.468 e.